The third-order valence-corrected chi connectivity index (χ3v) is 21.1. The lowest BCUT2D eigenvalue weighted by atomic mass is 9.99. The number of allylic oxidation sites excluding steroid dienone is 3. The second-order valence-electron chi connectivity index (χ2n) is 30.1. The van der Waals surface area contributed by atoms with Crippen LogP contribution in [0.2, 0.25) is 0 Å². The van der Waals surface area contributed by atoms with E-state index in [1.54, 1.807) is 78.9 Å². The van der Waals surface area contributed by atoms with Gasteiger partial charge < -0.3 is 80.6 Å². The molecule has 5 saturated heterocycles. The molecule has 5 aromatic carbocycles. The van der Waals surface area contributed by atoms with E-state index in [1.165, 1.54) is 18.3 Å². The number of alkyl halides is 9. The normalized spacial score (nSPS) is 18.2. The molecule has 9 heterocycles. The summed E-state index contributed by atoms with van der Waals surface area (Å²) in [5.41, 5.74) is 2.13. The van der Waals surface area contributed by atoms with Crippen LogP contribution in [0.3, 0.4) is 0 Å². The summed E-state index contributed by atoms with van der Waals surface area (Å²) in [6, 6.07) is 26.9. The Morgan fingerprint density at radius 2 is 0.815 bits per heavy atom. The number of likely N-dealkylation sites (N-methyl/N-ethyl adjacent to an activating group) is 3. The molecule has 6 N–H and O–H groups in total. The van der Waals surface area contributed by atoms with Crippen molar-refractivity contribution in [1.82, 2.24) is 45.4 Å². The summed E-state index contributed by atoms with van der Waals surface area (Å²) in [6.07, 6.45) is -7.32. The fourth-order valence-corrected chi connectivity index (χ4v) is 14.6. The van der Waals surface area contributed by atoms with Crippen molar-refractivity contribution in [2.24, 2.45) is 0 Å². The summed E-state index contributed by atoms with van der Waals surface area (Å²) in [5, 5.41) is 15.8. The summed E-state index contributed by atoms with van der Waals surface area (Å²) < 4.78 is 180. The van der Waals surface area contributed by atoms with Gasteiger partial charge in [-0.25, -0.2) is 18.2 Å². The Bertz CT molecular complexity index is 5000. The molecule has 0 spiro atoms. The Kier molecular flexibility index (Phi) is 27.7. The van der Waals surface area contributed by atoms with Gasteiger partial charge >= 0.3 is 18.5 Å². The highest BCUT2D eigenvalue weighted by Crippen LogP contribution is 2.43. The van der Waals surface area contributed by atoms with Gasteiger partial charge in [0.1, 0.15) is 11.6 Å². The number of aromatic nitrogens is 1. The molecule has 0 bridgehead atoms. The maximum Gasteiger partial charge on any atom is 0.417 e. The molecule has 0 saturated carbocycles. The van der Waals surface area contributed by atoms with Gasteiger partial charge in [-0.05, 0) is 142 Å². The predicted octanol–water partition coefficient (Wildman–Crippen LogP) is 13.1. The zero-order valence-electron chi connectivity index (χ0n) is 66.5. The minimum atomic E-state index is -4.76. The van der Waals surface area contributed by atoms with Gasteiger partial charge in [0.15, 0.2) is 11.6 Å². The number of benzene rings is 5. The van der Waals surface area contributed by atoms with E-state index in [2.05, 4.69) is 90.9 Å². The van der Waals surface area contributed by atoms with Gasteiger partial charge in [0.2, 0.25) is 0 Å². The van der Waals surface area contributed by atoms with Crippen LogP contribution in [-0.2, 0) is 36.9 Å². The van der Waals surface area contributed by atoms with Gasteiger partial charge in [-0.1, -0.05) is 56.1 Å². The van der Waals surface area contributed by atoms with Gasteiger partial charge in [0.25, 0.3) is 17.7 Å². The average Bonchev–Trinajstić information content (AvgIpc) is 0.788. The average molecular weight is 1660 g/mol. The third kappa shape index (κ3) is 22.0. The highest BCUT2D eigenvalue weighted by atomic mass is 19.4. The van der Waals surface area contributed by atoms with Crippen molar-refractivity contribution in [3.8, 4) is 33.4 Å². The highest BCUT2D eigenvalue weighted by molar-refractivity contribution is 6.11. The first-order valence-electron chi connectivity index (χ1n) is 38.6. The first kappa shape index (κ1) is 87.1. The van der Waals surface area contributed by atoms with Crippen molar-refractivity contribution in [3.63, 3.8) is 0 Å². The highest BCUT2D eigenvalue weighted by Gasteiger charge is 2.43. The number of hydrogen-bond donors (Lipinski definition) is 6. The topological polar surface area (TPSA) is 184 Å². The fourth-order valence-electron chi connectivity index (χ4n) is 14.6. The minimum absolute atomic E-state index is 0.0215. The van der Waals surface area contributed by atoms with E-state index in [0.717, 1.165) is 100 Å². The number of piperazine rings is 3. The van der Waals surface area contributed by atoms with Crippen LogP contribution in [0.25, 0.3) is 33.4 Å². The van der Waals surface area contributed by atoms with Gasteiger partial charge in [-0.15, -0.1) is 0 Å². The monoisotopic (exact) mass is 1660 g/mol. The molecule has 0 aliphatic carbocycles. The number of nitrogens with zero attached hydrogens (tertiary/aromatic N) is 10. The molecule has 5 fully saturated rings. The van der Waals surface area contributed by atoms with Crippen molar-refractivity contribution < 1.29 is 76.5 Å². The molecule has 33 heteroatoms. The number of carbonyl (C=O) groups is 3. The van der Waals surface area contributed by atoms with E-state index < -0.39 is 87.1 Å². The molecule has 8 aliphatic rings. The molecule has 0 atom stereocenters. The molecule has 1 aromatic heterocycles. The molecule has 632 valence electrons. The second-order valence-corrected chi connectivity index (χ2v) is 30.1. The molecule has 119 heavy (non-hydrogen) atoms. The Hall–Kier alpha value is -11.2. The van der Waals surface area contributed by atoms with E-state index >= 15 is 8.78 Å². The number of amides is 3. The number of dihydropyridines is 3. The summed E-state index contributed by atoms with van der Waals surface area (Å²) in [6.45, 7) is 25.2. The number of morpholine rings is 2. The van der Waals surface area contributed by atoms with E-state index in [4.69, 9.17) is 9.47 Å². The van der Waals surface area contributed by atoms with Crippen LogP contribution in [0.1, 0.15) is 11.1 Å². The van der Waals surface area contributed by atoms with E-state index in [-0.39, 0.29) is 34.2 Å². The number of carbonyl (C=O) groups excluding carboxylic acids is 3. The number of anilines is 7. The molecule has 0 radical (unpaired) electrons. The predicted molar refractivity (Wildman–Crippen MR) is 438 cm³/mol. The van der Waals surface area contributed by atoms with Gasteiger partial charge in [0, 0.05) is 176 Å². The Morgan fingerprint density at radius 3 is 1.20 bits per heavy atom. The Morgan fingerprint density at radius 1 is 0.437 bits per heavy atom. The van der Waals surface area contributed by atoms with Crippen molar-refractivity contribution in [2.75, 3.05) is 202 Å². The first-order valence-corrected chi connectivity index (χ1v) is 38.6. The van der Waals surface area contributed by atoms with Crippen molar-refractivity contribution in [1.29, 1.82) is 0 Å². The van der Waals surface area contributed by atoms with Crippen LogP contribution in [0.5, 0.6) is 0 Å². The Labute approximate surface area is 682 Å². The van der Waals surface area contributed by atoms with Crippen LogP contribution in [0.15, 0.2) is 210 Å². The lowest BCUT2D eigenvalue weighted by molar-refractivity contribution is -0.115. The standard InChI is InChI=1S/C30H33F4N5O2.C28H30F4N6O2.C28H31F4N5O/c1-20-15-25(30(32,33)34)24(18-35-20)29(40)36-27-17-22(4-6-28(27)39-9-7-37(2)8-10-39)23-5-3-21(16-26(23)31)19-38-11-13-41-14-12-38;1-18-15-22(28(30,31)32)21(17-34-18)27(39)35-23-16-19(3-4-24(23)37-9-7-36(2)8-10-37)20-5-6-33-26(25(20)29)38-11-13-40-14-12-38;1-18-13-23(28(30,31)32)22(16-33-18)27(38)34-25-15-20(6-8-26(25)37-11-9-36(4)10-12-37)21-14-19(17-35(2)3)5-7-24(21)29/h3-6,15-18,35H,1,7-14,19H2,2H3,(H,36,40);3-6,15-17,34H,1,7-14H2,2H3,(H,35,39);5-8,13-16,33H,1,9-12,17H2,2-4H3,(H,34,38). The van der Waals surface area contributed by atoms with Gasteiger partial charge in [0.05, 0.1) is 94.0 Å². The number of halogens is 12. The number of rotatable bonds is 17. The fraction of sp³-hybridized carbons (Fsp3) is 0.349. The molecule has 14 rings (SSSR count). The SMILES string of the molecule is C=C1C=C(C(F)(F)F)C(C(=O)Nc2cc(-c3cc(CN(C)C)ccc3F)ccc2N2CCN(C)CC2)=CN1.C=C1C=C(C(F)(F)F)C(C(=O)Nc2cc(-c3ccc(CN4CCOCC4)cc3F)ccc2N2CCN(C)CC2)=CN1.C=C1C=C(C(F)(F)F)C(C(=O)Nc2cc(-c3ccnc(N4CCOCC4)c3F)ccc2N2CCN(C)CC2)=CN1. The summed E-state index contributed by atoms with van der Waals surface area (Å²) in [4.78, 5) is 62.6. The summed E-state index contributed by atoms with van der Waals surface area (Å²) in [7, 11) is 9.84. The van der Waals surface area contributed by atoms with Crippen molar-refractivity contribution in [2.45, 2.75) is 31.6 Å². The van der Waals surface area contributed by atoms with E-state index in [0.29, 0.717) is 148 Å². The lowest BCUT2D eigenvalue weighted by Gasteiger charge is -2.35. The summed E-state index contributed by atoms with van der Waals surface area (Å²) >= 11 is 0. The van der Waals surface area contributed by atoms with E-state index in [9.17, 15) is 58.3 Å². The molecular weight excluding hydrogens is 1570 g/mol. The lowest BCUT2D eigenvalue weighted by Crippen LogP contribution is -2.44. The van der Waals surface area contributed by atoms with Crippen LogP contribution in [-0.4, -0.2) is 232 Å². The summed E-state index contributed by atoms with van der Waals surface area (Å²) in [5.74, 6) is -3.97. The maximum atomic E-state index is 15.7. The maximum absolute atomic E-state index is 15.7. The number of ether oxygens (including phenoxy) is 2. The van der Waals surface area contributed by atoms with Crippen LogP contribution >= 0.6 is 0 Å². The molecule has 3 amide bonds. The number of nitrogens with one attached hydrogen (secondary N) is 6. The molecule has 8 aliphatic heterocycles. The van der Waals surface area contributed by atoms with Crippen LogP contribution in [0.4, 0.5) is 92.6 Å². The number of hydrogen-bond acceptors (Lipinski definition) is 18. The quantitative estimate of drug-likeness (QED) is 0.0474. The van der Waals surface area contributed by atoms with Gasteiger partial charge in [-0.2, -0.15) is 39.5 Å². The first-order chi connectivity index (χ1) is 56.6. The van der Waals surface area contributed by atoms with Crippen LogP contribution < -0.4 is 51.5 Å². The minimum Gasteiger partial charge on any atom is -0.379 e. The second kappa shape index (κ2) is 37.8. The van der Waals surface area contributed by atoms with Crippen LogP contribution in [0, 0.1) is 17.5 Å². The number of pyridine rings is 1. The molecule has 21 nitrogen and oxygen atoms in total. The molecule has 0 unspecified atom stereocenters. The van der Waals surface area contributed by atoms with Gasteiger partial charge in [-0.3, -0.25) is 19.3 Å². The smallest absolute Gasteiger partial charge is 0.379 e. The largest absolute Gasteiger partial charge is 0.417 e. The van der Waals surface area contributed by atoms with Crippen molar-refractivity contribution >= 4 is 57.7 Å². The zero-order chi connectivity index (χ0) is 85.2. The van der Waals surface area contributed by atoms with Crippen molar-refractivity contribution in [3.05, 3.63) is 239 Å². The third-order valence-electron chi connectivity index (χ3n) is 21.1. The Balaban J connectivity index is 0.000000164. The zero-order valence-corrected chi connectivity index (χ0v) is 66.5. The molecule has 6 aromatic rings. The molecular formula is C86H94F12N16O5. The van der Waals surface area contributed by atoms with E-state index in [1.807, 2.05) is 51.1 Å².